The quantitative estimate of drug-likeness (QED) is 0.202. The van der Waals surface area contributed by atoms with E-state index in [0.29, 0.717) is 6.21 Å². The molecule has 60 valence electrons. The van der Waals surface area contributed by atoms with E-state index in [0.717, 1.165) is 12.3 Å². The van der Waals surface area contributed by atoms with Crippen LogP contribution in [0.3, 0.4) is 0 Å². The van der Waals surface area contributed by atoms with E-state index in [1.165, 1.54) is 0 Å². The second-order valence-electron chi connectivity index (χ2n) is 1.49. The first-order chi connectivity index (χ1) is 5.16. The minimum absolute atomic E-state index is 0.644. The van der Waals surface area contributed by atoms with Gasteiger partial charge in [0.1, 0.15) is 6.21 Å². The van der Waals surface area contributed by atoms with E-state index < -0.39 is 11.8 Å². The fourth-order valence-corrected chi connectivity index (χ4v) is 0.296. The van der Waals surface area contributed by atoms with Gasteiger partial charge in [0.2, 0.25) is 5.91 Å². The first-order valence-corrected chi connectivity index (χ1v) is 2.60. The Hall–Kier alpha value is -1.85. The lowest BCUT2D eigenvalue weighted by atomic mass is 10.5. The highest BCUT2D eigenvalue weighted by Gasteiger charge is 1.90. The molecule has 0 aromatic rings. The van der Waals surface area contributed by atoms with Crippen LogP contribution in [0.1, 0.15) is 0 Å². The summed E-state index contributed by atoms with van der Waals surface area (Å²) in [4.78, 5) is 20.4. The van der Waals surface area contributed by atoms with E-state index >= 15 is 0 Å². The summed E-state index contributed by atoms with van der Waals surface area (Å²) in [5.74, 6) is -1.32. The van der Waals surface area contributed by atoms with Gasteiger partial charge in [0.15, 0.2) is 0 Å². The summed E-state index contributed by atoms with van der Waals surface area (Å²) < 4.78 is 0. The van der Waals surface area contributed by atoms with Crippen LogP contribution < -0.4 is 11.1 Å². The molecule has 0 aliphatic carbocycles. The minimum atomic E-state index is -0.675. The van der Waals surface area contributed by atoms with Crippen LogP contribution in [0, 0.1) is 0 Å². The topological polar surface area (TPSA) is 105 Å². The summed E-state index contributed by atoms with van der Waals surface area (Å²) >= 11 is 0. The number of primary amides is 1. The molecule has 0 aliphatic heterocycles. The lowest BCUT2D eigenvalue weighted by Crippen LogP contribution is -2.19. The Balaban J connectivity index is 3.70. The lowest BCUT2D eigenvalue weighted by Gasteiger charge is -1.88. The highest BCUT2D eigenvalue weighted by atomic mass is 16.4. The van der Waals surface area contributed by atoms with Crippen LogP contribution in [-0.4, -0.2) is 23.2 Å². The number of carbonyl (C=O) groups excluding carboxylic acids is 2. The van der Waals surface area contributed by atoms with E-state index in [-0.39, 0.29) is 0 Å². The maximum atomic E-state index is 10.4. The Kier molecular flexibility index (Phi) is 4.14. The van der Waals surface area contributed by atoms with Crippen molar-refractivity contribution < 1.29 is 14.8 Å². The molecule has 4 N–H and O–H groups in total. The number of nitrogens with one attached hydrogen (secondary N) is 1. The van der Waals surface area contributed by atoms with Crippen LogP contribution in [0.2, 0.25) is 0 Å². The Labute approximate surface area is 62.4 Å². The predicted molar refractivity (Wildman–Crippen MR) is 36.8 cm³/mol. The van der Waals surface area contributed by atoms with Gasteiger partial charge in [-0.25, -0.2) is 0 Å². The van der Waals surface area contributed by atoms with Gasteiger partial charge in [0, 0.05) is 12.3 Å². The van der Waals surface area contributed by atoms with Gasteiger partial charge in [-0.05, 0) is 0 Å². The van der Waals surface area contributed by atoms with Crippen molar-refractivity contribution in [3.8, 4) is 0 Å². The summed E-state index contributed by atoms with van der Waals surface area (Å²) in [5.41, 5.74) is 4.69. The normalized spacial score (nSPS) is 10.5. The van der Waals surface area contributed by atoms with Gasteiger partial charge in [-0.3, -0.25) is 9.59 Å². The summed E-state index contributed by atoms with van der Waals surface area (Å²) in [6.07, 6.45) is 2.65. The molecular weight excluding hydrogens is 150 g/mol. The number of amides is 2. The molecule has 0 saturated heterocycles. The molecule has 0 heterocycles. The van der Waals surface area contributed by atoms with Crippen molar-refractivity contribution in [1.29, 1.82) is 0 Å². The molecule has 0 aromatic carbocycles. The summed E-state index contributed by atoms with van der Waals surface area (Å²) in [5, 5.41) is 12.4. The largest absolute Gasteiger partial charge is 0.411 e. The van der Waals surface area contributed by atoms with Crippen molar-refractivity contribution in [3.05, 3.63) is 12.3 Å². The van der Waals surface area contributed by atoms with Gasteiger partial charge >= 0.3 is 0 Å². The average Bonchev–Trinajstić information content (AvgIpc) is 1.87. The van der Waals surface area contributed by atoms with E-state index in [9.17, 15) is 9.59 Å². The van der Waals surface area contributed by atoms with Crippen LogP contribution in [0.15, 0.2) is 17.4 Å². The van der Waals surface area contributed by atoms with Crippen LogP contribution in [0.5, 0.6) is 0 Å². The van der Waals surface area contributed by atoms with E-state index in [1.807, 2.05) is 0 Å². The Bertz CT molecular complexity index is 209. The molecular formula is C5H7N3O3. The number of rotatable bonds is 3. The van der Waals surface area contributed by atoms with Crippen molar-refractivity contribution in [2.24, 2.45) is 10.9 Å². The third kappa shape index (κ3) is 6.03. The van der Waals surface area contributed by atoms with Gasteiger partial charge in [-0.15, -0.1) is 0 Å². The number of nitrogens with two attached hydrogens (primary N) is 1. The van der Waals surface area contributed by atoms with E-state index in [2.05, 4.69) is 10.5 Å². The molecule has 0 atom stereocenters. The third-order valence-electron chi connectivity index (χ3n) is 0.648. The maximum absolute atomic E-state index is 10.4. The smallest absolute Gasteiger partial charge is 0.269 e. The number of hydrogen-bond acceptors (Lipinski definition) is 4. The molecule has 0 aliphatic rings. The number of hydrogen-bond donors (Lipinski definition) is 3. The molecule has 0 spiro atoms. The maximum Gasteiger partial charge on any atom is 0.269 e. The van der Waals surface area contributed by atoms with Crippen LogP contribution >= 0.6 is 0 Å². The molecule has 6 nitrogen and oxygen atoms in total. The van der Waals surface area contributed by atoms with Gasteiger partial charge < -0.3 is 16.3 Å². The van der Waals surface area contributed by atoms with Crippen molar-refractivity contribution in [1.82, 2.24) is 5.32 Å². The Morgan fingerprint density at radius 1 is 1.55 bits per heavy atom. The molecule has 0 unspecified atom stereocenters. The fourth-order valence-electron chi connectivity index (χ4n) is 0.296. The molecule has 0 saturated carbocycles. The van der Waals surface area contributed by atoms with Gasteiger partial charge in [0.05, 0.1) is 0 Å². The number of oxime groups is 1. The summed E-state index contributed by atoms with van der Waals surface area (Å²) in [6, 6.07) is 0. The van der Waals surface area contributed by atoms with Crippen molar-refractivity contribution >= 4 is 18.0 Å². The lowest BCUT2D eigenvalue weighted by molar-refractivity contribution is -0.113. The second-order valence-corrected chi connectivity index (χ2v) is 1.49. The standard InChI is InChI=1S/C5H7N3O3/c6-4(9)1-2-7-5(10)3-8-11/h1-3,11H,(H2,6,9)(H,7,10)/b2-1+,8-3-. The molecule has 0 bridgehead atoms. The van der Waals surface area contributed by atoms with E-state index in [1.54, 1.807) is 0 Å². The van der Waals surface area contributed by atoms with Crippen molar-refractivity contribution in [2.45, 2.75) is 0 Å². The zero-order valence-electron chi connectivity index (χ0n) is 5.52. The summed E-state index contributed by atoms with van der Waals surface area (Å²) in [6.45, 7) is 0. The molecule has 6 heteroatoms. The monoisotopic (exact) mass is 157 g/mol. The molecule has 0 aromatic heterocycles. The van der Waals surface area contributed by atoms with Crippen LogP contribution in [0.4, 0.5) is 0 Å². The molecule has 0 rings (SSSR count). The Morgan fingerprint density at radius 2 is 2.18 bits per heavy atom. The Morgan fingerprint density at radius 3 is 2.64 bits per heavy atom. The fraction of sp³-hybridized carbons (Fsp3) is 0. The van der Waals surface area contributed by atoms with Crippen LogP contribution in [-0.2, 0) is 9.59 Å². The van der Waals surface area contributed by atoms with Crippen LogP contribution in [0.25, 0.3) is 0 Å². The third-order valence-corrected chi connectivity index (χ3v) is 0.648. The van der Waals surface area contributed by atoms with Gasteiger partial charge in [-0.2, -0.15) is 0 Å². The molecule has 2 amide bonds. The zero-order chi connectivity index (χ0) is 8.69. The van der Waals surface area contributed by atoms with Gasteiger partial charge in [0.25, 0.3) is 5.91 Å². The molecule has 0 fully saturated rings. The number of nitrogens with zero attached hydrogens (tertiary/aromatic N) is 1. The van der Waals surface area contributed by atoms with Crippen molar-refractivity contribution in [2.75, 3.05) is 0 Å². The van der Waals surface area contributed by atoms with Gasteiger partial charge in [-0.1, -0.05) is 5.16 Å². The average molecular weight is 157 g/mol. The first kappa shape index (κ1) is 9.15. The highest BCUT2D eigenvalue weighted by molar-refractivity contribution is 6.26. The van der Waals surface area contributed by atoms with E-state index in [4.69, 9.17) is 10.9 Å². The molecule has 0 radical (unpaired) electrons. The summed E-state index contributed by atoms with van der Waals surface area (Å²) in [7, 11) is 0. The molecule has 11 heavy (non-hydrogen) atoms. The first-order valence-electron chi connectivity index (χ1n) is 2.60. The van der Waals surface area contributed by atoms with Crippen molar-refractivity contribution in [3.63, 3.8) is 0 Å². The second kappa shape index (κ2) is 4.98. The SMILES string of the molecule is NC(=O)/C=C/NC(=O)/C=N\O. The number of carbonyl (C=O) groups is 2. The minimum Gasteiger partial charge on any atom is -0.411 e. The zero-order valence-corrected chi connectivity index (χ0v) is 5.52. The highest BCUT2D eigenvalue weighted by Crippen LogP contribution is 1.65. The predicted octanol–water partition coefficient (Wildman–Crippen LogP) is -1.44.